The van der Waals surface area contributed by atoms with Gasteiger partial charge in [0.15, 0.2) is 0 Å². The number of carboxylic acid groups (broad SMARTS) is 1. The van der Waals surface area contributed by atoms with Crippen molar-refractivity contribution in [2.24, 2.45) is 0 Å². The standard InChI is InChI=1S/C16H7ClF6N2O2/c17-12-4-1-7-5-11(25(14(26)27)13(7)24-12)9-6-8(15(18,19)20)2-3-10(9)16(21,22)23/h1-6H,(H,26,27)/p-1. The molecule has 0 fully saturated rings. The molecular weight excluding hydrogens is 402 g/mol. The fourth-order valence-electron chi connectivity index (χ4n) is 2.62. The van der Waals surface area contributed by atoms with Gasteiger partial charge in [0.1, 0.15) is 16.9 Å². The lowest BCUT2D eigenvalue weighted by Crippen LogP contribution is -2.29. The summed E-state index contributed by atoms with van der Waals surface area (Å²) in [5.74, 6) is 0. The Hall–Kier alpha value is -2.75. The Morgan fingerprint density at radius 3 is 2.22 bits per heavy atom. The number of hydrogen-bond donors (Lipinski definition) is 0. The van der Waals surface area contributed by atoms with E-state index in [1.54, 1.807) is 0 Å². The lowest BCUT2D eigenvalue weighted by Gasteiger charge is -2.18. The number of fused-ring (bicyclic) bond motifs is 1. The molecule has 0 aliphatic rings. The van der Waals surface area contributed by atoms with Gasteiger partial charge in [-0.15, -0.1) is 0 Å². The fourth-order valence-corrected chi connectivity index (χ4v) is 2.76. The van der Waals surface area contributed by atoms with Gasteiger partial charge in [0.25, 0.3) is 0 Å². The second-order valence-electron chi connectivity index (χ2n) is 5.43. The normalized spacial score (nSPS) is 12.6. The van der Waals surface area contributed by atoms with E-state index in [0.29, 0.717) is 0 Å². The average molecular weight is 408 g/mol. The average Bonchev–Trinajstić information content (AvgIpc) is 2.91. The van der Waals surface area contributed by atoms with Crippen molar-refractivity contribution < 1.29 is 36.2 Å². The summed E-state index contributed by atoms with van der Waals surface area (Å²) < 4.78 is 79.2. The lowest BCUT2D eigenvalue weighted by atomic mass is 10.00. The van der Waals surface area contributed by atoms with Crippen LogP contribution >= 0.6 is 11.6 Å². The van der Waals surface area contributed by atoms with E-state index < -0.39 is 40.8 Å². The molecule has 0 radical (unpaired) electrons. The summed E-state index contributed by atoms with van der Waals surface area (Å²) in [6.07, 6.45) is -11.9. The van der Waals surface area contributed by atoms with Gasteiger partial charge in [-0.25, -0.2) is 4.98 Å². The third kappa shape index (κ3) is 3.44. The number of hydrogen-bond acceptors (Lipinski definition) is 3. The SMILES string of the molecule is O=C([O-])n1c(-c2cc(C(F)(F)F)ccc2C(F)(F)F)cc2ccc(Cl)nc21. The van der Waals surface area contributed by atoms with E-state index in [0.717, 1.165) is 6.07 Å². The molecule has 0 N–H and O–H groups in total. The second-order valence-corrected chi connectivity index (χ2v) is 5.82. The maximum absolute atomic E-state index is 13.3. The van der Waals surface area contributed by atoms with Crippen LogP contribution in [0.5, 0.6) is 0 Å². The van der Waals surface area contributed by atoms with Gasteiger partial charge in [-0.2, -0.15) is 26.3 Å². The number of pyridine rings is 1. The molecule has 3 aromatic rings. The van der Waals surface area contributed by atoms with E-state index in [4.69, 9.17) is 11.6 Å². The van der Waals surface area contributed by atoms with Gasteiger partial charge < -0.3 is 9.90 Å². The molecule has 0 unspecified atom stereocenters. The molecule has 0 saturated heterocycles. The van der Waals surface area contributed by atoms with Crippen molar-refractivity contribution in [1.29, 1.82) is 0 Å². The van der Waals surface area contributed by atoms with Crippen LogP contribution in [0.15, 0.2) is 36.4 Å². The smallest absolute Gasteiger partial charge is 0.417 e. The molecule has 0 atom stereocenters. The number of carbonyl (C=O) groups excluding carboxylic acids is 1. The third-order valence-corrected chi connectivity index (χ3v) is 3.94. The number of halogens is 7. The summed E-state index contributed by atoms with van der Waals surface area (Å²) in [5.41, 5.74) is -4.81. The minimum atomic E-state index is -5.03. The molecule has 0 spiro atoms. The van der Waals surface area contributed by atoms with Crippen LogP contribution < -0.4 is 5.11 Å². The van der Waals surface area contributed by atoms with Crippen LogP contribution in [0.25, 0.3) is 22.3 Å². The van der Waals surface area contributed by atoms with Crippen molar-refractivity contribution >= 4 is 28.7 Å². The van der Waals surface area contributed by atoms with Crippen molar-refractivity contribution in [2.75, 3.05) is 0 Å². The highest BCUT2D eigenvalue weighted by molar-refractivity contribution is 6.29. The molecule has 2 heterocycles. The molecular formula is C16H6ClF6N2O2-. The van der Waals surface area contributed by atoms with Gasteiger partial charge in [-0.3, -0.25) is 4.57 Å². The molecule has 142 valence electrons. The minimum absolute atomic E-state index is 0.0594. The largest absolute Gasteiger partial charge is 0.529 e. The highest BCUT2D eigenvalue weighted by atomic mass is 35.5. The molecule has 3 rings (SSSR count). The van der Waals surface area contributed by atoms with Crippen molar-refractivity contribution in [1.82, 2.24) is 9.55 Å². The minimum Gasteiger partial charge on any atom is -0.529 e. The van der Waals surface area contributed by atoms with Crippen LogP contribution in [0.2, 0.25) is 5.15 Å². The molecule has 0 aliphatic carbocycles. The van der Waals surface area contributed by atoms with Crippen LogP contribution in [0.1, 0.15) is 11.1 Å². The van der Waals surface area contributed by atoms with Crippen molar-refractivity contribution in [3.8, 4) is 11.3 Å². The number of aromatic nitrogens is 2. The molecule has 2 aromatic heterocycles. The van der Waals surface area contributed by atoms with E-state index in [1.165, 1.54) is 12.1 Å². The quantitative estimate of drug-likeness (QED) is 0.438. The summed E-state index contributed by atoms with van der Waals surface area (Å²) in [4.78, 5) is 15.2. The molecule has 0 saturated carbocycles. The zero-order valence-electron chi connectivity index (χ0n) is 12.8. The maximum atomic E-state index is 13.3. The second kappa shape index (κ2) is 6.15. The number of benzene rings is 1. The van der Waals surface area contributed by atoms with Crippen LogP contribution in [0.4, 0.5) is 31.1 Å². The Balaban J connectivity index is 2.42. The van der Waals surface area contributed by atoms with E-state index in [-0.39, 0.29) is 39.0 Å². The maximum Gasteiger partial charge on any atom is 0.417 e. The summed E-state index contributed by atoms with van der Waals surface area (Å²) >= 11 is 5.67. The molecule has 0 bridgehead atoms. The van der Waals surface area contributed by atoms with E-state index in [2.05, 4.69) is 4.98 Å². The highest BCUT2D eigenvalue weighted by Gasteiger charge is 2.38. The van der Waals surface area contributed by atoms with Crippen LogP contribution in [0.3, 0.4) is 0 Å². The Bertz CT molecular complexity index is 1060. The third-order valence-electron chi connectivity index (χ3n) is 3.73. The summed E-state index contributed by atoms with van der Waals surface area (Å²) in [5, 5.41) is 11.4. The van der Waals surface area contributed by atoms with Gasteiger partial charge >= 0.3 is 12.4 Å². The predicted molar refractivity (Wildman–Crippen MR) is 81.0 cm³/mol. The fraction of sp³-hybridized carbons (Fsp3) is 0.125. The molecule has 1 aromatic carbocycles. The Labute approximate surface area is 151 Å². The van der Waals surface area contributed by atoms with Crippen molar-refractivity contribution in [2.45, 2.75) is 12.4 Å². The topological polar surface area (TPSA) is 57.9 Å². The summed E-state index contributed by atoms with van der Waals surface area (Å²) in [6.45, 7) is 0. The van der Waals surface area contributed by atoms with E-state index in [9.17, 15) is 36.2 Å². The first kappa shape index (κ1) is 19.0. The van der Waals surface area contributed by atoms with Gasteiger partial charge in [0.05, 0.1) is 16.8 Å². The zero-order chi connectivity index (χ0) is 20.1. The first-order valence-corrected chi connectivity index (χ1v) is 7.45. The molecule has 11 heteroatoms. The number of carbonyl (C=O) groups is 1. The number of alkyl halides is 6. The number of rotatable bonds is 1. The van der Waals surface area contributed by atoms with Gasteiger partial charge in [-0.1, -0.05) is 11.6 Å². The van der Waals surface area contributed by atoms with E-state index in [1.807, 2.05) is 0 Å². The molecule has 0 amide bonds. The Kier molecular flexibility index (Phi) is 4.34. The molecule has 27 heavy (non-hydrogen) atoms. The monoisotopic (exact) mass is 407 g/mol. The predicted octanol–water partition coefficient (Wildman–Crippen LogP) is 4.59. The molecule has 4 nitrogen and oxygen atoms in total. The Morgan fingerprint density at radius 1 is 1.00 bits per heavy atom. The van der Waals surface area contributed by atoms with Crippen molar-refractivity contribution in [3.63, 3.8) is 0 Å². The van der Waals surface area contributed by atoms with Gasteiger partial charge in [0, 0.05) is 10.9 Å². The first-order valence-electron chi connectivity index (χ1n) is 7.08. The Morgan fingerprint density at radius 2 is 1.67 bits per heavy atom. The molecule has 0 aliphatic heterocycles. The lowest BCUT2D eigenvalue weighted by molar-refractivity contribution is -0.249. The van der Waals surface area contributed by atoms with Crippen molar-refractivity contribution in [3.05, 3.63) is 52.7 Å². The summed E-state index contributed by atoms with van der Waals surface area (Å²) in [6, 6.07) is 4.25. The van der Waals surface area contributed by atoms with Gasteiger partial charge in [-0.05, 0) is 36.4 Å². The first-order chi connectivity index (χ1) is 12.4. The number of nitrogens with zero attached hydrogens (tertiary/aromatic N) is 2. The highest BCUT2D eigenvalue weighted by Crippen LogP contribution is 2.41. The van der Waals surface area contributed by atoms with E-state index >= 15 is 0 Å². The van der Waals surface area contributed by atoms with Crippen LogP contribution in [-0.4, -0.2) is 15.6 Å². The zero-order valence-corrected chi connectivity index (χ0v) is 13.6. The van der Waals surface area contributed by atoms with Gasteiger partial charge in [0.2, 0.25) is 0 Å². The van der Waals surface area contributed by atoms with Crippen LogP contribution in [-0.2, 0) is 12.4 Å². The van der Waals surface area contributed by atoms with Crippen LogP contribution in [0, 0.1) is 0 Å². The summed E-state index contributed by atoms with van der Waals surface area (Å²) in [7, 11) is 0.